The summed E-state index contributed by atoms with van der Waals surface area (Å²) in [5.74, 6) is 1.08. The summed E-state index contributed by atoms with van der Waals surface area (Å²) in [5, 5.41) is 0.784. The van der Waals surface area contributed by atoms with Crippen LogP contribution in [0.1, 0.15) is 24.7 Å². The summed E-state index contributed by atoms with van der Waals surface area (Å²) in [6.07, 6.45) is 3.36. The number of rotatable bonds is 3. The molecule has 18 heavy (non-hydrogen) atoms. The standard InChI is InChI=1S/C12H12Cl2N4/c1-3-4-8-10(13)17-12(18-11(8)14)9-5-6-15-7(2)16-9/h5-6H,3-4H2,1-2H3. The molecule has 0 fully saturated rings. The Hall–Kier alpha value is -1.26. The maximum absolute atomic E-state index is 6.12. The van der Waals surface area contributed by atoms with Crippen LogP contribution in [0.3, 0.4) is 0 Å². The second kappa shape index (κ2) is 5.59. The van der Waals surface area contributed by atoms with Crippen molar-refractivity contribution in [2.24, 2.45) is 0 Å². The van der Waals surface area contributed by atoms with Crippen LogP contribution in [0.25, 0.3) is 11.5 Å². The molecule has 94 valence electrons. The van der Waals surface area contributed by atoms with Gasteiger partial charge in [0.2, 0.25) is 0 Å². The summed E-state index contributed by atoms with van der Waals surface area (Å²) in [7, 11) is 0. The third-order valence-electron chi connectivity index (χ3n) is 2.41. The Morgan fingerprint density at radius 2 is 1.78 bits per heavy atom. The summed E-state index contributed by atoms with van der Waals surface area (Å²) in [6, 6.07) is 1.73. The highest BCUT2D eigenvalue weighted by atomic mass is 35.5. The van der Waals surface area contributed by atoms with Gasteiger partial charge in [-0.2, -0.15) is 0 Å². The van der Waals surface area contributed by atoms with Crippen LogP contribution in [-0.4, -0.2) is 19.9 Å². The first-order chi connectivity index (χ1) is 8.61. The van der Waals surface area contributed by atoms with Gasteiger partial charge in [-0.15, -0.1) is 0 Å². The van der Waals surface area contributed by atoms with Crippen molar-refractivity contribution in [3.8, 4) is 11.5 Å². The van der Waals surface area contributed by atoms with Gasteiger partial charge in [0.15, 0.2) is 5.82 Å². The number of aryl methyl sites for hydroxylation is 1. The van der Waals surface area contributed by atoms with Crippen molar-refractivity contribution in [2.75, 3.05) is 0 Å². The highest BCUT2D eigenvalue weighted by Crippen LogP contribution is 2.25. The maximum Gasteiger partial charge on any atom is 0.181 e. The average molecular weight is 283 g/mol. The van der Waals surface area contributed by atoms with E-state index in [-0.39, 0.29) is 0 Å². The van der Waals surface area contributed by atoms with E-state index in [1.54, 1.807) is 19.2 Å². The highest BCUT2D eigenvalue weighted by molar-refractivity contribution is 6.34. The van der Waals surface area contributed by atoms with E-state index in [0.29, 0.717) is 27.6 Å². The molecule has 0 atom stereocenters. The molecular formula is C12H12Cl2N4. The van der Waals surface area contributed by atoms with E-state index in [9.17, 15) is 0 Å². The van der Waals surface area contributed by atoms with Gasteiger partial charge in [0.05, 0.1) is 0 Å². The van der Waals surface area contributed by atoms with Crippen LogP contribution in [0.4, 0.5) is 0 Å². The number of hydrogen-bond acceptors (Lipinski definition) is 4. The van der Waals surface area contributed by atoms with Gasteiger partial charge in [-0.1, -0.05) is 36.5 Å². The fraction of sp³-hybridized carbons (Fsp3) is 0.333. The van der Waals surface area contributed by atoms with E-state index in [4.69, 9.17) is 23.2 Å². The second-order valence-corrected chi connectivity index (χ2v) is 4.56. The summed E-state index contributed by atoms with van der Waals surface area (Å²) < 4.78 is 0. The quantitative estimate of drug-likeness (QED) is 0.809. The second-order valence-electron chi connectivity index (χ2n) is 3.85. The zero-order chi connectivity index (χ0) is 13.1. The molecule has 0 saturated carbocycles. The summed E-state index contributed by atoms with van der Waals surface area (Å²) in [4.78, 5) is 16.8. The Kier molecular flexibility index (Phi) is 4.09. The number of nitrogens with zero attached hydrogens (tertiary/aromatic N) is 4. The summed E-state index contributed by atoms with van der Waals surface area (Å²) in [5.41, 5.74) is 1.41. The Morgan fingerprint density at radius 1 is 1.11 bits per heavy atom. The minimum atomic E-state index is 0.392. The lowest BCUT2D eigenvalue weighted by Crippen LogP contribution is -1.99. The molecule has 2 heterocycles. The third kappa shape index (κ3) is 2.76. The minimum Gasteiger partial charge on any atom is -0.242 e. The molecule has 0 aliphatic rings. The molecule has 0 aliphatic heterocycles. The van der Waals surface area contributed by atoms with Gasteiger partial charge in [0.25, 0.3) is 0 Å². The Balaban J connectivity index is 2.48. The number of aromatic nitrogens is 4. The van der Waals surface area contributed by atoms with E-state index in [0.717, 1.165) is 18.4 Å². The van der Waals surface area contributed by atoms with E-state index in [1.165, 1.54) is 0 Å². The van der Waals surface area contributed by atoms with Crippen molar-refractivity contribution >= 4 is 23.2 Å². The van der Waals surface area contributed by atoms with Crippen molar-refractivity contribution in [2.45, 2.75) is 26.7 Å². The lowest BCUT2D eigenvalue weighted by atomic mass is 10.2. The monoisotopic (exact) mass is 282 g/mol. The molecule has 0 N–H and O–H groups in total. The van der Waals surface area contributed by atoms with E-state index < -0.39 is 0 Å². The van der Waals surface area contributed by atoms with Crippen LogP contribution in [0.5, 0.6) is 0 Å². The SMILES string of the molecule is CCCc1c(Cl)nc(-c2ccnc(C)n2)nc1Cl. The first-order valence-corrected chi connectivity index (χ1v) is 6.39. The molecular weight excluding hydrogens is 271 g/mol. The van der Waals surface area contributed by atoms with Crippen molar-refractivity contribution < 1.29 is 0 Å². The molecule has 0 unspecified atom stereocenters. The topological polar surface area (TPSA) is 51.6 Å². The van der Waals surface area contributed by atoms with Crippen LogP contribution < -0.4 is 0 Å². The van der Waals surface area contributed by atoms with Crippen molar-refractivity contribution in [1.82, 2.24) is 19.9 Å². The zero-order valence-corrected chi connectivity index (χ0v) is 11.6. The van der Waals surface area contributed by atoms with Crippen molar-refractivity contribution in [3.63, 3.8) is 0 Å². The van der Waals surface area contributed by atoms with Crippen LogP contribution in [0, 0.1) is 6.92 Å². The van der Waals surface area contributed by atoms with Crippen LogP contribution in [0.15, 0.2) is 12.3 Å². The lowest BCUT2D eigenvalue weighted by molar-refractivity contribution is 0.901. The largest absolute Gasteiger partial charge is 0.242 e. The molecule has 0 radical (unpaired) electrons. The Bertz CT molecular complexity index is 549. The Morgan fingerprint density at radius 3 is 2.33 bits per heavy atom. The molecule has 2 aromatic heterocycles. The third-order valence-corrected chi connectivity index (χ3v) is 3.04. The molecule has 0 saturated heterocycles. The van der Waals surface area contributed by atoms with Crippen molar-refractivity contribution in [3.05, 3.63) is 34.0 Å². The van der Waals surface area contributed by atoms with Gasteiger partial charge >= 0.3 is 0 Å². The van der Waals surface area contributed by atoms with Crippen LogP contribution >= 0.6 is 23.2 Å². The van der Waals surface area contributed by atoms with Crippen molar-refractivity contribution in [1.29, 1.82) is 0 Å². The molecule has 4 nitrogen and oxygen atoms in total. The minimum absolute atomic E-state index is 0.392. The van der Waals surface area contributed by atoms with Crippen LogP contribution in [0.2, 0.25) is 10.3 Å². The molecule has 2 rings (SSSR count). The predicted molar refractivity (Wildman–Crippen MR) is 71.8 cm³/mol. The average Bonchev–Trinajstić information content (AvgIpc) is 2.33. The molecule has 0 aliphatic carbocycles. The fourth-order valence-electron chi connectivity index (χ4n) is 1.58. The van der Waals surface area contributed by atoms with Gasteiger partial charge < -0.3 is 0 Å². The number of halogens is 2. The maximum atomic E-state index is 6.12. The first kappa shape index (κ1) is 13.2. The summed E-state index contributed by atoms with van der Waals surface area (Å²) in [6.45, 7) is 3.85. The normalized spacial score (nSPS) is 10.7. The first-order valence-electron chi connectivity index (χ1n) is 5.63. The van der Waals surface area contributed by atoms with Gasteiger partial charge in [-0.3, -0.25) is 0 Å². The molecule has 0 amide bonds. The Labute approximate surface area is 115 Å². The van der Waals surface area contributed by atoms with Gasteiger partial charge in [0, 0.05) is 11.8 Å². The zero-order valence-electron chi connectivity index (χ0n) is 10.1. The van der Waals surface area contributed by atoms with E-state index in [2.05, 4.69) is 19.9 Å². The van der Waals surface area contributed by atoms with E-state index >= 15 is 0 Å². The lowest BCUT2D eigenvalue weighted by Gasteiger charge is -2.07. The molecule has 2 aromatic rings. The molecule has 0 spiro atoms. The highest BCUT2D eigenvalue weighted by Gasteiger charge is 2.13. The number of hydrogen-bond donors (Lipinski definition) is 0. The van der Waals surface area contributed by atoms with Gasteiger partial charge in [0.1, 0.15) is 21.8 Å². The van der Waals surface area contributed by atoms with Gasteiger partial charge in [-0.05, 0) is 19.4 Å². The molecule has 0 aromatic carbocycles. The predicted octanol–water partition coefficient (Wildman–Crippen LogP) is 3.50. The molecule has 6 heteroatoms. The molecule has 0 bridgehead atoms. The van der Waals surface area contributed by atoms with E-state index in [1.807, 2.05) is 6.92 Å². The smallest absolute Gasteiger partial charge is 0.181 e. The fourth-order valence-corrected chi connectivity index (χ4v) is 2.16. The summed E-state index contributed by atoms with van der Waals surface area (Å²) >= 11 is 12.2. The van der Waals surface area contributed by atoms with Gasteiger partial charge in [-0.25, -0.2) is 19.9 Å². The van der Waals surface area contributed by atoms with Crippen LogP contribution in [-0.2, 0) is 6.42 Å².